The van der Waals surface area contributed by atoms with Crippen molar-refractivity contribution in [2.75, 3.05) is 0 Å². The summed E-state index contributed by atoms with van der Waals surface area (Å²) in [5.74, 6) is -1.69. The van der Waals surface area contributed by atoms with Gasteiger partial charge in [0, 0.05) is 15.6 Å². The van der Waals surface area contributed by atoms with E-state index in [1.807, 2.05) is 0 Å². The predicted molar refractivity (Wildman–Crippen MR) is 70.9 cm³/mol. The Morgan fingerprint density at radius 1 is 1.00 bits per heavy atom. The number of hydrogen-bond acceptors (Lipinski definition) is 3. The van der Waals surface area contributed by atoms with E-state index < -0.39 is 11.6 Å². The van der Waals surface area contributed by atoms with Crippen molar-refractivity contribution in [1.29, 1.82) is 0 Å². The van der Waals surface area contributed by atoms with Gasteiger partial charge in [0.25, 0.3) is 0 Å². The summed E-state index contributed by atoms with van der Waals surface area (Å²) in [6, 6.07) is 12.3. The number of carboxylic acids is 1. The first-order valence-corrected chi connectivity index (χ1v) is 6.17. The van der Waals surface area contributed by atoms with Gasteiger partial charge >= 0.3 is 18.9 Å². The van der Waals surface area contributed by atoms with E-state index in [9.17, 15) is 15.0 Å². The van der Waals surface area contributed by atoms with Gasteiger partial charge in [-0.15, -0.1) is 0 Å². The number of carbonyl (C=O) groups is 1. The van der Waals surface area contributed by atoms with E-state index in [2.05, 4.69) is 0 Å². The van der Waals surface area contributed by atoms with Crippen LogP contribution >= 0.6 is 23.2 Å². The molecular formula is C14H9Cl2LiO3. The van der Waals surface area contributed by atoms with Crippen LogP contribution in [0.2, 0.25) is 10.0 Å². The van der Waals surface area contributed by atoms with Gasteiger partial charge in [-0.25, -0.2) is 0 Å². The first kappa shape index (κ1) is 17.1. The van der Waals surface area contributed by atoms with E-state index in [4.69, 9.17) is 23.2 Å². The molecule has 98 valence electrons. The molecule has 0 saturated heterocycles. The first-order valence-electron chi connectivity index (χ1n) is 5.41. The van der Waals surface area contributed by atoms with Crippen molar-refractivity contribution in [2.45, 2.75) is 5.60 Å². The van der Waals surface area contributed by atoms with Gasteiger partial charge in [-0.2, -0.15) is 0 Å². The van der Waals surface area contributed by atoms with Crippen molar-refractivity contribution < 1.29 is 33.9 Å². The summed E-state index contributed by atoms with van der Waals surface area (Å²) in [7, 11) is 0. The monoisotopic (exact) mass is 302 g/mol. The minimum Gasteiger partial charge on any atom is -0.546 e. The minimum absolute atomic E-state index is 0. The van der Waals surface area contributed by atoms with Crippen LogP contribution in [0.1, 0.15) is 11.1 Å². The van der Waals surface area contributed by atoms with E-state index >= 15 is 0 Å². The third kappa shape index (κ3) is 2.88. The summed E-state index contributed by atoms with van der Waals surface area (Å²) in [6.45, 7) is 0. The van der Waals surface area contributed by atoms with Crippen LogP contribution in [0.25, 0.3) is 0 Å². The Balaban J connectivity index is 0.00000200. The summed E-state index contributed by atoms with van der Waals surface area (Å²) >= 11 is 11.9. The molecule has 3 nitrogen and oxygen atoms in total. The molecule has 20 heavy (non-hydrogen) atoms. The molecule has 0 saturated carbocycles. The number of benzene rings is 2. The molecule has 0 bridgehead atoms. The standard InChI is InChI=1S/C14H10Cl2O3.Li/c15-10-7-4-8-11(16)12(10)14(19,13(17)18)9-5-2-1-3-6-9;/h1-8,19H,(H,17,18);/q;+1/p-1. The zero-order chi connectivity index (χ0) is 14.0. The molecule has 0 aromatic heterocycles. The Labute approximate surface area is 138 Å². The van der Waals surface area contributed by atoms with Crippen LogP contribution in [-0.4, -0.2) is 11.1 Å². The second kappa shape index (κ2) is 6.67. The number of carboxylic acid groups (broad SMARTS) is 1. The molecule has 2 rings (SSSR count). The van der Waals surface area contributed by atoms with Crippen LogP contribution < -0.4 is 24.0 Å². The van der Waals surface area contributed by atoms with Crippen LogP contribution in [0.15, 0.2) is 48.5 Å². The fourth-order valence-electron chi connectivity index (χ4n) is 1.89. The van der Waals surface area contributed by atoms with Gasteiger partial charge in [-0.1, -0.05) is 59.6 Å². The van der Waals surface area contributed by atoms with Gasteiger partial charge < -0.3 is 15.0 Å². The molecule has 6 heteroatoms. The van der Waals surface area contributed by atoms with Gasteiger partial charge in [0.05, 0.1) is 5.97 Å². The average Bonchev–Trinajstić information content (AvgIpc) is 2.39. The third-order valence-corrected chi connectivity index (χ3v) is 3.44. The number of aliphatic hydroxyl groups is 1. The summed E-state index contributed by atoms with van der Waals surface area (Å²) in [5, 5.41) is 22.1. The van der Waals surface area contributed by atoms with E-state index in [1.54, 1.807) is 24.3 Å². The van der Waals surface area contributed by atoms with E-state index in [1.165, 1.54) is 24.3 Å². The smallest absolute Gasteiger partial charge is 0.546 e. The van der Waals surface area contributed by atoms with Crippen molar-refractivity contribution in [1.82, 2.24) is 0 Å². The SMILES string of the molecule is O=C([O-])C(O)(c1ccccc1)c1c(Cl)cccc1Cl.[Li+]. The van der Waals surface area contributed by atoms with E-state index in [0.29, 0.717) is 0 Å². The van der Waals surface area contributed by atoms with Gasteiger partial charge in [-0.3, -0.25) is 0 Å². The van der Waals surface area contributed by atoms with Gasteiger partial charge in [-0.05, 0) is 17.7 Å². The van der Waals surface area contributed by atoms with Crippen LogP contribution in [-0.2, 0) is 10.4 Å². The molecule has 2 aromatic carbocycles. The zero-order valence-corrected chi connectivity index (χ0v) is 12.2. The quantitative estimate of drug-likeness (QED) is 0.739. The largest absolute Gasteiger partial charge is 1.00 e. The first-order chi connectivity index (χ1) is 8.98. The Kier molecular flexibility index (Phi) is 5.70. The Morgan fingerprint density at radius 2 is 1.50 bits per heavy atom. The van der Waals surface area contributed by atoms with Crippen LogP contribution in [0.4, 0.5) is 0 Å². The van der Waals surface area contributed by atoms with E-state index in [-0.39, 0.29) is 40.0 Å². The van der Waals surface area contributed by atoms with Crippen LogP contribution in [0.5, 0.6) is 0 Å². The minimum atomic E-state index is -2.39. The van der Waals surface area contributed by atoms with Gasteiger partial charge in [0.2, 0.25) is 0 Å². The number of carbonyl (C=O) groups excluding carboxylic acids is 1. The molecule has 0 spiro atoms. The van der Waals surface area contributed by atoms with E-state index in [0.717, 1.165) is 0 Å². The molecule has 0 aliphatic carbocycles. The summed E-state index contributed by atoms with van der Waals surface area (Å²) in [4.78, 5) is 11.4. The van der Waals surface area contributed by atoms with Gasteiger partial charge in [0.15, 0.2) is 5.60 Å². The average molecular weight is 303 g/mol. The topological polar surface area (TPSA) is 60.4 Å². The number of halogens is 2. The molecule has 1 N–H and O–H groups in total. The number of hydrogen-bond donors (Lipinski definition) is 1. The van der Waals surface area contributed by atoms with Crippen molar-refractivity contribution in [3.05, 3.63) is 69.7 Å². The molecular weight excluding hydrogens is 294 g/mol. The molecule has 0 aliphatic rings. The molecule has 0 radical (unpaired) electrons. The molecule has 2 aromatic rings. The molecule has 0 heterocycles. The van der Waals surface area contributed by atoms with Crippen LogP contribution in [0.3, 0.4) is 0 Å². The zero-order valence-electron chi connectivity index (χ0n) is 10.6. The fourth-order valence-corrected chi connectivity index (χ4v) is 2.56. The fraction of sp³-hybridized carbons (Fsp3) is 0.0714. The van der Waals surface area contributed by atoms with Crippen molar-refractivity contribution >= 4 is 29.2 Å². The summed E-state index contributed by atoms with van der Waals surface area (Å²) < 4.78 is 0. The molecule has 0 fully saturated rings. The summed E-state index contributed by atoms with van der Waals surface area (Å²) in [6.07, 6.45) is 0. The maximum absolute atomic E-state index is 11.4. The molecule has 0 aliphatic heterocycles. The Bertz CT molecular complexity index is 599. The third-order valence-electron chi connectivity index (χ3n) is 2.81. The Hall–Kier alpha value is -0.953. The maximum atomic E-state index is 11.4. The summed E-state index contributed by atoms with van der Waals surface area (Å²) in [5.41, 5.74) is -2.36. The molecule has 1 unspecified atom stereocenters. The van der Waals surface area contributed by atoms with Crippen molar-refractivity contribution in [2.24, 2.45) is 0 Å². The molecule has 1 atom stereocenters. The van der Waals surface area contributed by atoms with Gasteiger partial charge in [0.1, 0.15) is 0 Å². The second-order valence-electron chi connectivity index (χ2n) is 3.96. The van der Waals surface area contributed by atoms with Crippen molar-refractivity contribution in [3.63, 3.8) is 0 Å². The van der Waals surface area contributed by atoms with Crippen LogP contribution in [0, 0.1) is 0 Å². The predicted octanol–water partition coefficient (Wildman–Crippen LogP) is -1.02. The number of rotatable bonds is 3. The Morgan fingerprint density at radius 3 is 1.95 bits per heavy atom. The number of aliphatic carboxylic acids is 1. The normalized spacial score (nSPS) is 13.2. The maximum Gasteiger partial charge on any atom is 1.00 e. The molecule has 0 amide bonds. The van der Waals surface area contributed by atoms with Crippen molar-refractivity contribution in [3.8, 4) is 0 Å². The second-order valence-corrected chi connectivity index (χ2v) is 4.77.